The molecular weight excluding hydrogens is 206 g/mol. The lowest BCUT2D eigenvalue weighted by atomic mass is 10.1. The molecule has 0 radical (unpaired) electrons. The molecule has 0 aromatic carbocycles. The Morgan fingerprint density at radius 1 is 1.13 bits per heavy atom. The minimum absolute atomic E-state index is 0.457. The van der Waals surface area contributed by atoms with Gasteiger partial charge in [0.15, 0.2) is 0 Å². The van der Waals surface area contributed by atoms with Gasteiger partial charge in [-0.1, -0.05) is 0 Å². The summed E-state index contributed by atoms with van der Waals surface area (Å²) in [5.74, 6) is -1.93. The maximum atomic E-state index is 11.8. The lowest BCUT2D eigenvalue weighted by molar-refractivity contribution is -0.135. The maximum Gasteiger partial charge on any atom is 0.315 e. The quantitative estimate of drug-likeness (QED) is 0.737. The molecule has 0 aromatic rings. The molecule has 2 N–H and O–H groups in total. The standard InChI is InChI=1S/C9H16F2N2O2/c1-5(12-8(15)6(10)11)7(14)13-9(2,3)4/h5-6H,1-4H3,(H,12,15)(H,13,14). The summed E-state index contributed by atoms with van der Waals surface area (Å²) in [5, 5.41) is 4.47. The summed E-state index contributed by atoms with van der Waals surface area (Å²) >= 11 is 0. The van der Waals surface area contributed by atoms with E-state index in [2.05, 4.69) is 5.32 Å². The van der Waals surface area contributed by atoms with Crippen LogP contribution in [0.25, 0.3) is 0 Å². The summed E-state index contributed by atoms with van der Waals surface area (Å²) in [6.07, 6.45) is -3.10. The number of alkyl halides is 2. The fourth-order valence-corrected chi connectivity index (χ4v) is 0.820. The van der Waals surface area contributed by atoms with Crippen LogP contribution in [0.3, 0.4) is 0 Å². The lowest BCUT2D eigenvalue weighted by Crippen LogP contribution is -2.51. The molecule has 1 unspecified atom stereocenters. The monoisotopic (exact) mass is 222 g/mol. The first-order chi connectivity index (χ1) is 6.63. The second kappa shape index (κ2) is 5.04. The predicted octanol–water partition coefficient (Wildman–Crippen LogP) is 0.671. The zero-order valence-corrected chi connectivity index (χ0v) is 9.23. The van der Waals surface area contributed by atoms with Gasteiger partial charge < -0.3 is 10.6 Å². The van der Waals surface area contributed by atoms with Gasteiger partial charge >= 0.3 is 6.43 Å². The highest BCUT2D eigenvalue weighted by molar-refractivity contribution is 5.88. The highest BCUT2D eigenvalue weighted by Crippen LogP contribution is 2.00. The predicted molar refractivity (Wildman–Crippen MR) is 51.5 cm³/mol. The van der Waals surface area contributed by atoms with Gasteiger partial charge in [0.1, 0.15) is 6.04 Å². The number of halogens is 2. The molecule has 2 amide bonds. The Hall–Kier alpha value is -1.20. The van der Waals surface area contributed by atoms with E-state index in [1.165, 1.54) is 6.92 Å². The molecule has 0 heterocycles. The molecule has 0 aliphatic rings. The van der Waals surface area contributed by atoms with Gasteiger partial charge in [-0.05, 0) is 27.7 Å². The number of rotatable bonds is 3. The van der Waals surface area contributed by atoms with Crippen LogP contribution in [0.1, 0.15) is 27.7 Å². The van der Waals surface area contributed by atoms with Crippen molar-refractivity contribution in [1.82, 2.24) is 10.6 Å². The van der Waals surface area contributed by atoms with Crippen molar-refractivity contribution in [3.05, 3.63) is 0 Å². The van der Waals surface area contributed by atoms with Crippen molar-refractivity contribution >= 4 is 11.8 Å². The van der Waals surface area contributed by atoms with Crippen molar-refractivity contribution in [3.8, 4) is 0 Å². The van der Waals surface area contributed by atoms with Crippen LogP contribution in [-0.4, -0.2) is 29.8 Å². The highest BCUT2D eigenvalue weighted by atomic mass is 19.3. The van der Waals surface area contributed by atoms with Crippen molar-refractivity contribution in [3.63, 3.8) is 0 Å². The average molecular weight is 222 g/mol. The normalized spacial score (nSPS) is 13.5. The van der Waals surface area contributed by atoms with Crippen molar-refractivity contribution in [2.24, 2.45) is 0 Å². The first kappa shape index (κ1) is 13.8. The molecule has 0 aromatic heterocycles. The second-order valence-corrected chi connectivity index (χ2v) is 4.27. The molecule has 15 heavy (non-hydrogen) atoms. The highest BCUT2D eigenvalue weighted by Gasteiger charge is 2.23. The number of carbonyl (C=O) groups excluding carboxylic acids is 2. The Balaban J connectivity index is 4.17. The van der Waals surface area contributed by atoms with Crippen LogP contribution in [0, 0.1) is 0 Å². The Morgan fingerprint density at radius 3 is 1.93 bits per heavy atom. The summed E-state index contributed by atoms with van der Waals surface area (Å²) in [6, 6.07) is -0.967. The summed E-state index contributed by atoms with van der Waals surface area (Å²) in [5.41, 5.74) is -0.457. The van der Waals surface area contributed by atoms with Crippen LogP contribution in [0.5, 0.6) is 0 Å². The Bertz CT molecular complexity index is 249. The number of amides is 2. The second-order valence-electron chi connectivity index (χ2n) is 4.27. The van der Waals surface area contributed by atoms with Crippen LogP contribution < -0.4 is 10.6 Å². The van der Waals surface area contributed by atoms with E-state index in [1.54, 1.807) is 20.8 Å². The molecule has 0 saturated carbocycles. The zero-order chi connectivity index (χ0) is 12.2. The van der Waals surface area contributed by atoms with E-state index in [0.717, 1.165) is 0 Å². The van der Waals surface area contributed by atoms with Crippen LogP contribution in [0.15, 0.2) is 0 Å². The van der Waals surface area contributed by atoms with Crippen molar-refractivity contribution in [2.75, 3.05) is 0 Å². The summed E-state index contributed by atoms with van der Waals surface area (Å²) in [6.45, 7) is 6.62. The fraction of sp³-hybridized carbons (Fsp3) is 0.778. The Kier molecular flexibility index (Phi) is 4.64. The van der Waals surface area contributed by atoms with E-state index < -0.39 is 29.8 Å². The third kappa shape index (κ3) is 5.98. The number of carbonyl (C=O) groups is 2. The molecule has 0 spiro atoms. The largest absolute Gasteiger partial charge is 0.350 e. The molecule has 0 rings (SSSR count). The zero-order valence-electron chi connectivity index (χ0n) is 9.23. The number of hydrogen-bond donors (Lipinski definition) is 2. The molecule has 4 nitrogen and oxygen atoms in total. The SMILES string of the molecule is CC(NC(=O)C(F)F)C(=O)NC(C)(C)C. The third-order valence-corrected chi connectivity index (χ3v) is 1.45. The van der Waals surface area contributed by atoms with Gasteiger partial charge in [0, 0.05) is 5.54 Å². The Labute approximate surface area is 87.4 Å². The maximum absolute atomic E-state index is 11.8. The first-order valence-corrected chi connectivity index (χ1v) is 4.54. The van der Waals surface area contributed by atoms with Crippen molar-refractivity contribution < 1.29 is 18.4 Å². The molecule has 0 aliphatic heterocycles. The Morgan fingerprint density at radius 2 is 1.60 bits per heavy atom. The van der Waals surface area contributed by atoms with Crippen LogP contribution in [0.2, 0.25) is 0 Å². The molecule has 6 heteroatoms. The summed E-state index contributed by atoms with van der Waals surface area (Å²) in [7, 11) is 0. The van der Waals surface area contributed by atoms with Crippen LogP contribution in [-0.2, 0) is 9.59 Å². The molecule has 1 atom stereocenters. The summed E-state index contributed by atoms with van der Waals surface area (Å²) in [4.78, 5) is 21.9. The van der Waals surface area contributed by atoms with Gasteiger partial charge in [0.25, 0.3) is 5.91 Å². The molecule has 88 valence electrons. The van der Waals surface area contributed by atoms with Crippen molar-refractivity contribution in [2.45, 2.75) is 45.7 Å². The average Bonchev–Trinajstić information content (AvgIpc) is 2.00. The topological polar surface area (TPSA) is 58.2 Å². The fourth-order valence-electron chi connectivity index (χ4n) is 0.820. The van der Waals surface area contributed by atoms with E-state index in [9.17, 15) is 18.4 Å². The van der Waals surface area contributed by atoms with E-state index >= 15 is 0 Å². The van der Waals surface area contributed by atoms with E-state index in [-0.39, 0.29) is 0 Å². The van der Waals surface area contributed by atoms with Crippen LogP contribution in [0.4, 0.5) is 8.78 Å². The van der Waals surface area contributed by atoms with E-state index in [0.29, 0.717) is 0 Å². The molecule has 0 fully saturated rings. The van der Waals surface area contributed by atoms with Crippen LogP contribution >= 0.6 is 0 Å². The molecular formula is C9H16F2N2O2. The van der Waals surface area contributed by atoms with Gasteiger partial charge in [0.2, 0.25) is 5.91 Å². The van der Waals surface area contributed by atoms with Gasteiger partial charge in [-0.3, -0.25) is 9.59 Å². The van der Waals surface area contributed by atoms with E-state index in [4.69, 9.17) is 0 Å². The summed E-state index contributed by atoms with van der Waals surface area (Å²) < 4.78 is 23.7. The lowest BCUT2D eigenvalue weighted by Gasteiger charge is -2.23. The third-order valence-electron chi connectivity index (χ3n) is 1.45. The smallest absolute Gasteiger partial charge is 0.315 e. The molecule has 0 aliphatic carbocycles. The minimum Gasteiger partial charge on any atom is -0.350 e. The molecule has 0 saturated heterocycles. The van der Waals surface area contributed by atoms with Gasteiger partial charge in [0.05, 0.1) is 0 Å². The number of hydrogen-bond acceptors (Lipinski definition) is 2. The molecule has 0 bridgehead atoms. The van der Waals surface area contributed by atoms with Gasteiger partial charge in [-0.2, -0.15) is 8.78 Å². The van der Waals surface area contributed by atoms with Gasteiger partial charge in [-0.15, -0.1) is 0 Å². The van der Waals surface area contributed by atoms with Gasteiger partial charge in [-0.25, -0.2) is 0 Å². The number of nitrogens with one attached hydrogen (secondary N) is 2. The van der Waals surface area contributed by atoms with E-state index in [1.807, 2.05) is 5.32 Å². The van der Waals surface area contributed by atoms with Crippen molar-refractivity contribution in [1.29, 1.82) is 0 Å². The first-order valence-electron chi connectivity index (χ1n) is 4.54. The minimum atomic E-state index is -3.10.